The SMILES string of the molecule is Cc1cc(O)ccc1C(=O)Nc1ccc(F)cc1C(=O)O. The van der Waals surface area contributed by atoms with Crippen molar-refractivity contribution >= 4 is 17.6 Å². The number of hydrogen-bond donors (Lipinski definition) is 3. The predicted molar refractivity (Wildman–Crippen MR) is 74.2 cm³/mol. The Morgan fingerprint density at radius 2 is 1.81 bits per heavy atom. The van der Waals surface area contributed by atoms with Gasteiger partial charge in [0.25, 0.3) is 5.91 Å². The molecular formula is C15H12FNO4. The van der Waals surface area contributed by atoms with E-state index >= 15 is 0 Å². The van der Waals surface area contributed by atoms with Gasteiger partial charge in [-0.25, -0.2) is 9.18 Å². The molecule has 21 heavy (non-hydrogen) atoms. The number of phenols is 1. The molecule has 1 amide bonds. The van der Waals surface area contributed by atoms with E-state index in [0.29, 0.717) is 5.56 Å². The number of carboxylic acids is 1. The molecular weight excluding hydrogens is 277 g/mol. The average molecular weight is 289 g/mol. The third kappa shape index (κ3) is 3.17. The fourth-order valence-electron chi connectivity index (χ4n) is 1.89. The van der Waals surface area contributed by atoms with E-state index in [0.717, 1.165) is 12.1 Å². The summed E-state index contributed by atoms with van der Waals surface area (Å²) in [6.45, 7) is 1.64. The number of nitrogens with one attached hydrogen (secondary N) is 1. The zero-order valence-electron chi connectivity index (χ0n) is 11.1. The minimum atomic E-state index is -1.34. The molecule has 6 heteroatoms. The minimum absolute atomic E-state index is 0.00127. The van der Waals surface area contributed by atoms with Crippen molar-refractivity contribution in [3.63, 3.8) is 0 Å². The Hall–Kier alpha value is -2.89. The van der Waals surface area contributed by atoms with Crippen LogP contribution >= 0.6 is 0 Å². The molecule has 0 bridgehead atoms. The molecule has 0 aliphatic carbocycles. The second kappa shape index (κ2) is 5.62. The van der Waals surface area contributed by atoms with Crippen LogP contribution in [0.5, 0.6) is 5.75 Å². The van der Waals surface area contributed by atoms with Crippen LogP contribution in [0.4, 0.5) is 10.1 Å². The topological polar surface area (TPSA) is 86.6 Å². The number of benzene rings is 2. The van der Waals surface area contributed by atoms with E-state index in [-0.39, 0.29) is 22.6 Å². The third-order valence-corrected chi connectivity index (χ3v) is 2.91. The van der Waals surface area contributed by atoms with Gasteiger partial charge in [0.1, 0.15) is 11.6 Å². The molecule has 2 aromatic rings. The summed E-state index contributed by atoms with van der Waals surface area (Å²) < 4.78 is 13.1. The van der Waals surface area contributed by atoms with Crippen molar-refractivity contribution < 1.29 is 24.2 Å². The van der Waals surface area contributed by atoms with Gasteiger partial charge in [0.15, 0.2) is 0 Å². The van der Waals surface area contributed by atoms with E-state index in [1.807, 2.05) is 0 Å². The fourth-order valence-corrected chi connectivity index (χ4v) is 1.89. The van der Waals surface area contributed by atoms with Gasteiger partial charge in [-0.05, 0) is 48.9 Å². The molecule has 0 saturated heterocycles. The van der Waals surface area contributed by atoms with E-state index in [1.54, 1.807) is 6.92 Å². The van der Waals surface area contributed by atoms with Crippen LogP contribution in [0.15, 0.2) is 36.4 Å². The molecule has 5 nitrogen and oxygen atoms in total. The van der Waals surface area contributed by atoms with Crippen LogP contribution < -0.4 is 5.32 Å². The number of aromatic hydroxyl groups is 1. The Balaban J connectivity index is 2.34. The van der Waals surface area contributed by atoms with Gasteiger partial charge in [0, 0.05) is 5.56 Å². The monoisotopic (exact) mass is 289 g/mol. The van der Waals surface area contributed by atoms with E-state index in [4.69, 9.17) is 5.11 Å². The molecule has 0 fully saturated rings. The van der Waals surface area contributed by atoms with Crippen LogP contribution in [0.1, 0.15) is 26.3 Å². The Morgan fingerprint density at radius 1 is 1.10 bits per heavy atom. The highest BCUT2D eigenvalue weighted by Gasteiger charge is 2.15. The van der Waals surface area contributed by atoms with E-state index in [2.05, 4.69) is 5.32 Å². The summed E-state index contributed by atoms with van der Waals surface area (Å²) in [5.41, 5.74) is 0.487. The van der Waals surface area contributed by atoms with Crippen LogP contribution in [0.25, 0.3) is 0 Å². The zero-order chi connectivity index (χ0) is 15.6. The quantitative estimate of drug-likeness (QED) is 0.811. The Kier molecular flexibility index (Phi) is 3.89. The molecule has 2 rings (SSSR count). The lowest BCUT2D eigenvalue weighted by molar-refractivity contribution is 0.0697. The highest BCUT2D eigenvalue weighted by atomic mass is 19.1. The molecule has 0 aliphatic rings. The van der Waals surface area contributed by atoms with Crippen molar-refractivity contribution in [2.75, 3.05) is 5.32 Å². The molecule has 0 heterocycles. The van der Waals surface area contributed by atoms with Gasteiger partial charge < -0.3 is 15.5 Å². The molecule has 0 aliphatic heterocycles. The molecule has 0 unspecified atom stereocenters. The van der Waals surface area contributed by atoms with Crippen LogP contribution in [0.3, 0.4) is 0 Å². The maximum absolute atomic E-state index is 13.1. The van der Waals surface area contributed by atoms with Crippen LogP contribution in [0, 0.1) is 12.7 Å². The van der Waals surface area contributed by atoms with Gasteiger partial charge in [-0.1, -0.05) is 0 Å². The number of aromatic carboxylic acids is 1. The first kappa shape index (κ1) is 14.5. The maximum Gasteiger partial charge on any atom is 0.337 e. The van der Waals surface area contributed by atoms with Crippen molar-refractivity contribution in [3.8, 4) is 5.75 Å². The number of carboxylic acid groups (broad SMARTS) is 1. The minimum Gasteiger partial charge on any atom is -0.508 e. The third-order valence-electron chi connectivity index (χ3n) is 2.91. The summed E-state index contributed by atoms with van der Waals surface area (Å²) >= 11 is 0. The lowest BCUT2D eigenvalue weighted by atomic mass is 10.1. The number of carbonyl (C=O) groups is 2. The molecule has 0 radical (unpaired) electrons. The molecule has 0 atom stereocenters. The summed E-state index contributed by atoms with van der Waals surface area (Å²) in [6, 6.07) is 7.27. The van der Waals surface area contributed by atoms with E-state index in [9.17, 15) is 19.1 Å². The van der Waals surface area contributed by atoms with E-state index in [1.165, 1.54) is 24.3 Å². The highest BCUT2D eigenvalue weighted by Crippen LogP contribution is 2.20. The number of phenolic OH excluding ortho intramolecular Hbond substituents is 1. The predicted octanol–water partition coefficient (Wildman–Crippen LogP) is 2.79. The van der Waals surface area contributed by atoms with Crippen molar-refractivity contribution in [3.05, 3.63) is 58.9 Å². The molecule has 108 valence electrons. The standard InChI is InChI=1S/C15H12FNO4/c1-8-6-10(18)3-4-11(8)14(19)17-13-5-2-9(16)7-12(13)15(20)21/h2-7,18H,1H3,(H,17,19)(H,20,21). The van der Waals surface area contributed by atoms with Crippen molar-refractivity contribution in [1.82, 2.24) is 0 Å². The second-order valence-electron chi connectivity index (χ2n) is 4.45. The van der Waals surface area contributed by atoms with Gasteiger partial charge >= 0.3 is 5.97 Å². The molecule has 0 saturated carbocycles. The first-order chi connectivity index (χ1) is 9.88. The second-order valence-corrected chi connectivity index (χ2v) is 4.45. The molecule has 3 N–H and O–H groups in total. The number of aryl methyl sites for hydroxylation is 1. The zero-order valence-corrected chi connectivity index (χ0v) is 11.1. The van der Waals surface area contributed by atoms with Gasteiger partial charge in [0.05, 0.1) is 11.3 Å². The summed E-state index contributed by atoms with van der Waals surface area (Å²) in [5, 5.41) is 20.7. The highest BCUT2D eigenvalue weighted by molar-refractivity contribution is 6.08. The Bertz CT molecular complexity index is 728. The van der Waals surface area contributed by atoms with Crippen LogP contribution in [-0.4, -0.2) is 22.1 Å². The smallest absolute Gasteiger partial charge is 0.337 e. The normalized spacial score (nSPS) is 10.2. The number of amides is 1. The van der Waals surface area contributed by atoms with Crippen molar-refractivity contribution in [2.45, 2.75) is 6.92 Å². The van der Waals surface area contributed by atoms with Gasteiger partial charge in [0.2, 0.25) is 0 Å². The van der Waals surface area contributed by atoms with Gasteiger partial charge in [-0.15, -0.1) is 0 Å². The average Bonchev–Trinajstić information content (AvgIpc) is 2.40. The van der Waals surface area contributed by atoms with Crippen LogP contribution in [0.2, 0.25) is 0 Å². The summed E-state index contributed by atoms with van der Waals surface area (Å²) in [4.78, 5) is 23.2. The van der Waals surface area contributed by atoms with Crippen molar-refractivity contribution in [2.24, 2.45) is 0 Å². The molecule has 0 spiro atoms. The fraction of sp³-hybridized carbons (Fsp3) is 0.0667. The number of rotatable bonds is 3. The summed E-state index contributed by atoms with van der Waals surface area (Å²) in [6.07, 6.45) is 0. The number of hydrogen-bond acceptors (Lipinski definition) is 3. The summed E-state index contributed by atoms with van der Waals surface area (Å²) in [5.74, 6) is -2.56. The maximum atomic E-state index is 13.1. The van der Waals surface area contributed by atoms with Crippen molar-refractivity contribution in [1.29, 1.82) is 0 Å². The van der Waals surface area contributed by atoms with Crippen LogP contribution in [-0.2, 0) is 0 Å². The number of halogens is 1. The largest absolute Gasteiger partial charge is 0.508 e. The first-order valence-electron chi connectivity index (χ1n) is 6.02. The lowest BCUT2D eigenvalue weighted by Crippen LogP contribution is -2.16. The van der Waals surface area contributed by atoms with Gasteiger partial charge in [-0.3, -0.25) is 4.79 Å². The Morgan fingerprint density at radius 3 is 2.43 bits per heavy atom. The molecule has 2 aromatic carbocycles. The number of carbonyl (C=O) groups excluding carboxylic acids is 1. The molecule has 0 aromatic heterocycles. The Labute approximate surface area is 119 Å². The summed E-state index contributed by atoms with van der Waals surface area (Å²) in [7, 11) is 0. The van der Waals surface area contributed by atoms with E-state index < -0.39 is 17.7 Å². The number of anilines is 1. The lowest BCUT2D eigenvalue weighted by Gasteiger charge is -2.10. The first-order valence-corrected chi connectivity index (χ1v) is 6.02. The van der Waals surface area contributed by atoms with Gasteiger partial charge in [-0.2, -0.15) is 0 Å².